The average Bonchev–Trinajstić information content (AvgIpc) is 3.11. The van der Waals surface area contributed by atoms with E-state index in [9.17, 15) is 9.59 Å². The highest BCUT2D eigenvalue weighted by Crippen LogP contribution is 2.36. The SMILES string of the molecule is Cc1ccccc1C1=N/C(=C\c2cc(Br)c(OC(=O)c3ccccc3Cl)c(Br)c2)C(=O)O1. The molecule has 0 atom stereocenters. The van der Waals surface area contributed by atoms with E-state index in [4.69, 9.17) is 21.1 Å². The highest BCUT2D eigenvalue weighted by Gasteiger charge is 2.25. The molecule has 0 fully saturated rings. The van der Waals surface area contributed by atoms with Crippen molar-refractivity contribution in [3.63, 3.8) is 0 Å². The predicted molar refractivity (Wildman–Crippen MR) is 130 cm³/mol. The Bertz CT molecular complexity index is 1290. The molecule has 0 amide bonds. The third kappa shape index (κ3) is 4.70. The molecule has 0 aliphatic carbocycles. The van der Waals surface area contributed by atoms with Crippen LogP contribution in [0.4, 0.5) is 0 Å². The first-order valence-electron chi connectivity index (χ1n) is 9.38. The maximum absolute atomic E-state index is 12.5. The Morgan fingerprint density at radius 2 is 1.72 bits per heavy atom. The lowest BCUT2D eigenvalue weighted by atomic mass is 10.1. The van der Waals surface area contributed by atoms with E-state index in [1.54, 1.807) is 42.5 Å². The van der Waals surface area contributed by atoms with Crippen molar-refractivity contribution in [1.29, 1.82) is 0 Å². The van der Waals surface area contributed by atoms with Gasteiger partial charge >= 0.3 is 11.9 Å². The summed E-state index contributed by atoms with van der Waals surface area (Å²) in [5, 5.41) is 0.299. The quantitative estimate of drug-likeness (QED) is 0.196. The van der Waals surface area contributed by atoms with Gasteiger partial charge in [0, 0.05) is 5.56 Å². The molecule has 0 bridgehead atoms. The highest BCUT2D eigenvalue weighted by molar-refractivity contribution is 9.11. The summed E-state index contributed by atoms with van der Waals surface area (Å²) in [4.78, 5) is 29.2. The summed E-state index contributed by atoms with van der Waals surface area (Å²) in [5.74, 6) is -0.572. The first-order valence-corrected chi connectivity index (χ1v) is 11.3. The Labute approximate surface area is 206 Å². The zero-order valence-electron chi connectivity index (χ0n) is 16.6. The number of benzene rings is 3. The van der Waals surface area contributed by atoms with Gasteiger partial charge in [0.25, 0.3) is 0 Å². The summed E-state index contributed by atoms with van der Waals surface area (Å²) in [6, 6.07) is 17.6. The summed E-state index contributed by atoms with van der Waals surface area (Å²) in [6.07, 6.45) is 1.60. The fourth-order valence-corrected chi connectivity index (χ4v) is 4.63. The largest absolute Gasteiger partial charge is 0.420 e. The van der Waals surface area contributed by atoms with E-state index in [-0.39, 0.29) is 22.9 Å². The van der Waals surface area contributed by atoms with E-state index in [0.717, 1.165) is 11.1 Å². The smallest absolute Gasteiger partial charge is 0.363 e. The molecule has 0 saturated carbocycles. The van der Waals surface area contributed by atoms with Gasteiger partial charge in [-0.2, -0.15) is 0 Å². The molecule has 160 valence electrons. The molecule has 0 radical (unpaired) electrons. The lowest BCUT2D eigenvalue weighted by Gasteiger charge is -2.10. The molecule has 0 spiro atoms. The van der Waals surface area contributed by atoms with Gasteiger partial charge in [0.05, 0.1) is 19.5 Å². The normalized spacial score (nSPS) is 14.3. The van der Waals surface area contributed by atoms with Crippen LogP contribution in [0.2, 0.25) is 5.02 Å². The Hall–Kier alpha value is -2.74. The monoisotopic (exact) mass is 573 g/mol. The van der Waals surface area contributed by atoms with Crippen molar-refractivity contribution in [3.05, 3.63) is 103 Å². The zero-order chi connectivity index (χ0) is 22.8. The molecule has 0 saturated heterocycles. The van der Waals surface area contributed by atoms with Gasteiger partial charge in [-0.1, -0.05) is 41.9 Å². The van der Waals surface area contributed by atoms with Gasteiger partial charge in [0.1, 0.15) is 0 Å². The third-order valence-electron chi connectivity index (χ3n) is 4.61. The molecule has 0 unspecified atom stereocenters. The van der Waals surface area contributed by atoms with Crippen molar-refractivity contribution >= 4 is 67.4 Å². The minimum atomic E-state index is -0.588. The number of carbonyl (C=O) groups is 2. The fraction of sp³-hybridized carbons (Fsp3) is 0.0417. The van der Waals surface area contributed by atoms with E-state index < -0.39 is 11.9 Å². The Morgan fingerprint density at radius 1 is 1.06 bits per heavy atom. The van der Waals surface area contributed by atoms with Crippen LogP contribution in [-0.4, -0.2) is 17.8 Å². The van der Waals surface area contributed by atoms with Crippen LogP contribution in [0, 0.1) is 6.92 Å². The Morgan fingerprint density at radius 3 is 2.41 bits per heavy atom. The molecule has 32 heavy (non-hydrogen) atoms. The highest BCUT2D eigenvalue weighted by atomic mass is 79.9. The number of rotatable bonds is 4. The van der Waals surface area contributed by atoms with Gasteiger partial charge in [0.15, 0.2) is 11.4 Å². The first-order chi connectivity index (χ1) is 15.3. The average molecular weight is 576 g/mol. The van der Waals surface area contributed by atoms with E-state index >= 15 is 0 Å². The van der Waals surface area contributed by atoms with E-state index in [2.05, 4.69) is 36.9 Å². The molecular formula is C24H14Br2ClNO4. The van der Waals surface area contributed by atoms with Crippen LogP contribution < -0.4 is 4.74 Å². The number of nitrogens with zero attached hydrogens (tertiary/aromatic N) is 1. The second kappa shape index (κ2) is 9.40. The lowest BCUT2D eigenvalue weighted by molar-refractivity contribution is -0.129. The van der Waals surface area contributed by atoms with Crippen molar-refractivity contribution in [3.8, 4) is 5.75 Å². The lowest BCUT2D eigenvalue weighted by Crippen LogP contribution is -2.10. The van der Waals surface area contributed by atoms with Crippen molar-refractivity contribution in [2.24, 2.45) is 4.99 Å². The summed E-state index contributed by atoms with van der Waals surface area (Å²) in [6.45, 7) is 1.92. The van der Waals surface area contributed by atoms with Crippen LogP contribution in [0.3, 0.4) is 0 Å². The van der Waals surface area contributed by atoms with Gasteiger partial charge in [0.2, 0.25) is 5.90 Å². The number of esters is 2. The predicted octanol–water partition coefficient (Wildman–Crippen LogP) is 6.74. The molecule has 3 aromatic carbocycles. The van der Waals surface area contributed by atoms with Crippen molar-refractivity contribution < 1.29 is 19.1 Å². The van der Waals surface area contributed by atoms with Crippen molar-refractivity contribution in [2.75, 3.05) is 0 Å². The van der Waals surface area contributed by atoms with E-state index in [1.165, 1.54) is 0 Å². The number of aliphatic imine (C=N–C) groups is 1. The summed E-state index contributed by atoms with van der Waals surface area (Å²) >= 11 is 12.9. The second-order valence-electron chi connectivity index (χ2n) is 6.83. The number of halogens is 3. The Kier molecular flexibility index (Phi) is 6.60. The first kappa shape index (κ1) is 22.5. The van der Waals surface area contributed by atoms with Crippen molar-refractivity contribution in [1.82, 2.24) is 0 Å². The van der Waals surface area contributed by atoms with Crippen LogP contribution in [0.5, 0.6) is 5.75 Å². The molecule has 1 aliphatic heterocycles. The number of cyclic esters (lactones) is 1. The van der Waals surface area contributed by atoms with Crippen LogP contribution in [0.25, 0.3) is 6.08 Å². The van der Waals surface area contributed by atoms with Gasteiger partial charge < -0.3 is 9.47 Å². The second-order valence-corrected chi connectivity index (χ2v) is 8.95. The number of ether oxygens (including phenoxy) is 2. The molecular weight excluding hydrogens is 562 g/mol. The van der Waals surface area contributed by atoms with E-state index in [0.29, 0.717) is 19.5 Å². The molecule has 1 aliphatic rings. The number of carbonyl (C=O) groups excluding carboxylic acids is 2. The minimum Gasteiger partial charge on any atom is -0.420 e. The zero-order valence-corrected chi connectivity index (χ0v) is 20.5. The number of hydrogen-bond donors (Lipinski definition) is 0. The van der Waals surface area contributed by atoms with Gasteiger partial charge in [-0.05, 0) is 86.3 Å². The van der Waals surface area contributed by atoms with Crippen molar-refractivity contribution in [2.45, 2.75) is 6.92 Å². The number of hydrogen-bond acceptors (Lipinski definition) is 5. The molecule has 8 heteroatoms. The van der Waals surface area contributed by atoms with Gasteiger partial charge in [-0.25, -0.2) is 14.6 Å². The van der Waals surface area contributed by atoms with Crippen LogP contribution in [0.15, 0.2) is 80.3 Å². The van der Waals surface area contributed by atoms with Gasteiger partial charge in [-0.15, -0.1) is 0 Å². The number of aryl methyl sites for hydroxylation is 1. The maximum atomic E-state index is 12.5. The molecule has 0 aromatic heterocycles. The third-order valence-corrected chi connectivity index (χ3v) is 6.12. The van der Waals surface area contributed by atoms with Gasteiger partial charge in [-0.3, -0.25) is 0 Å². The van der Waals surface area contributed by atoms with Crippen LogP contribution in [0.1, 0.15) is 27.0 Å². The van der Waals surface area contributed by atoms with E-state index in [1.807, 2.05) is 31.2 Å². The summed E-state index contributed by atoms with van der Waals surface area (Å²) in [5.41, 5.74) is 2.79. The minimum absolute atomic E-state index is 0.169. The molecule has 3 aromatic rings. The molecule has 5 nitrogen and oxygen atoms in total. The molecule has 0 N–H and O–H groups in total. The summed E-state index contributed by atoms with van der Waals surface area (Å²) < 4.78 is 11.9. The van der Waals surface area contributed by atoms with Crippen LogP contribution in [-0.2, 0) is 9.53 Å². The maximum Gasteiger partial charge on any atom is 0.363 e. The molecule has 1 heterocycles. The Balaban J connectivity index is 1.61. The summed E-state index contributed by atoms with van der Waals surface area (Å²) in [7, 11) is 0. The fourth-order valence-electron chi connectivity index (χ4n) is 3.03. The standard InChI is InChI=1S/C24H14Br2ClNO4/c1-13-6-2-3-7-15(13)22-28-20(24(30)32-22)12-14-10-17(25)21(18(26)11-14)31-23(29)16-8-4-5-9-19(16)27/h2-12H,1H3/b20-12-. The molecule has 4 rings (SSSR count). The topological polar surface area (TPSA) is 65.0 Å². The van der Waals surface area contributed by atoms with Crippen LogP contribution >= 0.6 is 43.5 Å².